The van der Waals surface area contributed by atoms with E-state index in [-0.39, 0.29) is 17.0 Å². The van der Waals surface area contributed by atoms with Crippen molar-refractivity contribution >= 4 is 11.7 Å². The average Bonchev–Trinajstić information content (AvgIpc) is 2.88. The summed E-state index contributed by atoms with van der Waals surface area (Å²) >= 11 is 0. The van der Waals surface area contributed by atoms with Gasteiger partial charge in [0.2, 0.25) is 5.69 Å². The van der Waals surface area contributed by atoms with Crippen LogP contribution in [0.1, 0.15) is 99.0 Å². The quantitative estimate of drug-likeness (QED) is 0.157. The molecule has 2 aromatic carbocycles. The second kappa shape index (κ2) is 12.8. The van der Waals surface area contributed by atoms with Crippen LogP contribution in [0.15, 0.2) is 36.4 Å². The van der Waals surface area contributed by atoms with Gasteiger partial charge in [-0.05, 0) is 73.8 Å². The number of rotatable bonds is 10. The Labute approximate surface area is 203 Å². The van der Waals surface area contributed by atoms with E-state index >= 15 is 0 Å². The Bertz CT molecular complexity index is 1040. The summed E-state index contributed by atoms with van der Waals surface area (Å²) in [5.74, 6) is 1.29. The standard InChI is InChI=1S/C29H34N2O3/c1-4-6-7-8-21-9-11-22(12-10-21)23-13-15-24(16-14-23)29(32)34-27-18-17-26(33-19-5-2)25(20-30)28(27)31-3/h13-18,21-22H,4-12,19H2,1-2H3. The first-order chi connectivity index (χ1) is 16.6. The van der Waals surface area contributed by atoms with E-state index < -0.39 is 5.97 Å². The zero-order valence-electron chi connectivity index (χ0n) is 20.3. The molecular formula is C29H34N2O3. The number of hydrogen-bond acceptors (Lipinski definition) is 4. The summed E-state index contributed by atoms with van der Waals surface area (Å²) in [6.45, 7) is 12.1. The third kappa shape index (κ3) is 6.39. The Kier molecular flexibility index (Phi) is 9.53. The molecule has 2 aromatic rings. The van der Waals surface area contributed by atoms with Crippen LogP contribution in [0, 0.1) is 23.8 Å². The van der Waals surface area contributed by atoms with Gasteiger partial charge in [-0.1, -0.05) is 51.7 Å². The number of hydrogen-bond donors (Lipinski definition) is 0. The monoisotopic (exact) mass is 458 g/mol. The Morgan fingerprint density at radius 1 is 1.03 bits per heavy atom. The molecule has 34 heavy (non-hydrogen) atoms. The lowest BCUT2D eigenvalue weighted by molar-refractivity contribution is 0.0736. The van der Waals surface area contributed by atoms with Gasteiger partial charge in [0, 0.05) is 0 Å². The van der Waals surface area contributed by atoms with Crippen LogP contribution in [-0.4, -0.2) is 12.6 Å². The molecule has 0 N–H and O–H groups in total. The highest BCUT2D eigenvalue weighted by molar-refractivity contribution is 5.92. The molecule has 0 aromatic heterocycles. The van der Waals surface area contributed by atoms with Crippen LogP contribution in [-0.2, 0) is 0 Å². The van der Waals surface area contributed by atoms with Crippen molar-refractivity contribution in [1.82, 2.24) is 0 Å². The second-order valence-electron chi connectivity index (χ2n) is 9.08. The maximum absolute atomic E-state index is 12.8. The molecule has 0 saturated heterocycles. The second-order valence-corrected chi connectivity index (χ2v) is 9.08. The van der Waals surface area contributed by atoms with Gasteiger partial charge < -0.3 is 9.47 Å². The molecule has 5 heteroatoms. The zero-order chi connectivity index (χ0) is 24.3. The first kappa shape index (κ1) is 25.3. The molecule has 1 fully saturated rings. The molecule has 0 heterocycles. The summed E-state index contributed by atoms with van der Waals surface area (Å²) in [5.41, 5.74) is 1.79. The maximum Gasteiger partial charge on any atom is 0.342 e. The van der Waals surface area contributed by atoms with E-state index in [4.69, 9.17) is 16.0 Å². The van der Waals surface area contributed by atoms with Crippen LogP contribution in [0.2, 0.25) is 0 Å². The number of benzene rings is 2. The molecule has 0 amide bonds. The van der Waals surface area contributed by atoms with Gasteiger partial charge in [-0.15, -0.1) is 0 Å². The minimum atomic E-state index is -0.540. The molecule has 1 aliphatic carbocycles. The number of carbonyl (C=O) groups is 1. The van der Waals surface area contributed by atoms with Crippen molar-refractivity contribution < 1.29 is 14.3 Å². The Morgan fingerprint density at radius 3 is 2.35 bits per heavy atom. The smallest absolute Gasteiger partial charge is 0.342 e. The van der Waals surface area contributed by atoms with E-state index in [1.807, 2.05) is 25.1 Å². The van der Waals surface area contributed by atoms with Crippen molar-refractivity contribution in [3.05, 3.63) is 64.5 Å². The van der Waals surface area contributed by atoms with E-state index in [1.54, 1.807) is 18.2 Å². The molecular weight excluding hydrogens is 424 g/mol. The van der Waals surface area contributed by atoms with E-state index in [9.17, 15) is 10.1 Å². The van der Waals surface area contributed by atoms with Gasteiger partial charge in [-0.3, -0.25) is 0 Å². The number of ether oxygens (including phenoxy) is 2. The molecule has 0 bridgehead atoms. The van der Waals surface area contributed by atoms with E-state index in [1.165, 1.54) is 63.0 Å². The Hall–Kier alpha value is -3.31. The fraction of sp³-hybridized carbons (Fsp3) is 0.483. The summed E-state index contributed by atoms with van der Waals surface area (Å²) < 4.78 is 11.1. The highest BCUT2D eigenvalue weighted by Gasteiger charge is 2.23. The van der Waals surface area contributed by atoms with Gasteiger partial charge in [0.1, 0.15) is 17.1 Å². The largest absolute Gasteiger partial charge is 0.494 e. The lowest BCUT2D eigenvalue weighted by Crippen LogP contribution is -2.14. The molecule has 1 aliphatic rings. The minimum absolute atomic E-state index is 0.00299. The van der Waals surface area contributed by atoms with Crippen molar-refractivity contribution in [3.63, 3.8) is 0 Å². The van der Waals surface area contributed by atoms with Gasteiger partial charge in [-0.2, -0.15) is 5.26 Å². The van der Waals surface area contributed by atoms with E-state index in [2.05, 4.69) is 11.8 Å². The maximum atomic E-state index is 12.8. The third-order valence-corrected chi connectivity index (χ3v) is 6.67. The van der Waals surface area contributed by atoms with Crippen LogP contribution in [0.4, 0.5) is 5.69 Å². The topological polar surface area (TPSA) is 63.7 Å². The van der Waals surface area contributed by atoms with Crippen molar-refractivity contribution in [2.24, 2.45) is 5.92 Å². The van der Waals surface area contributed by atoms with Gasteiger partial charge in [0.25, 0.3) is 0 Å². The molecule has 0 radical (unpaired) electrons. The molecule has 3 rings (SSSR count). The van der Waals surface area contributed by atoms with Gasteiger partial charge >= 0.3 is 5.97 Å². The first-order valence-corrected chi connectivity index (χ1v) is 12.5. The highest BCUT2D eigenvalue weighted by atomic mass is 16.5. The molecule has 1 saturated carbocycles. The lowest BCUT2D eigenvalue weighted by atomic mass is 9.77. The van der Waals surface area contributed by atoms with Gasteiger partial charge in [0.05, 0.1) is 24.8 Å². The van der Waals surface area contributed by atoms with Crippen LogP contribution >= 0.6 is 0 Å². The lowest BCUT2D eigenvalue weighted by Gasteiger charge is -2.29. The number of nitriles is 1. The van der Waals surface area contributed by atoms with Crippen molar-refractivity contribution in [1.29, 1.82) is 5.26 Å². The van der Waals surface area contributed by atoms with Crippen LogP contribution in [0.3, 0.4) is 0 Å². The fourth-order valence-corrected chi connectivity index (χ4v) is 4.70. The summed E-state index contributed by atoms with van der Waals surface area (Å²) in [6.07, 6.45) is 11.1. The minimum Gasteiger partial charge on any atom is -0.494 e. The predicted octanol–water partition coefficient (Wildman–Crippen LogP) is 7.97. The molecule has 178 valence electrons. The van der Waals surface area contributed by atoms with Crippen molar-refractivity contribution in [2.75, 3.05) is 6.61 Å². The number of carbonyl (C=O) groups excluding carboxylic acids is 1. The molecule has 5 nitrogen and oxygen atoms in total. The number of unbranched alkanes of at least 4 members (excludes halogenated alkanes) is 2. The molecule has 0 aliphatic heterocycles. The average molecular weight is 459 g/mol. The molecule has 0 unspecified atom stereocenters. The first-order valence-electron chi connectivity index (χ1n) is 12.5. The number of nitrogens with zero attached hydrogens (tertiary/aromatic N) is 2. The Balaban J connectivity index is 1.63. The summed E-state index contributed by atoms with van der Waals surface area (Å²) in [4.78, 5) is 16.2. The summed E-state index contributed by atoms with van der Waals surface area (Å²) in [7, 11) is 0. The van der Waals surface area contributed by atoms with Crippen LogP contribution in [0.25, 0.3) is 4.85 Å². The zero-order valence-corrected chi connectivity index (χ0v) is 20.3. The SMILES string of the molecule is [C-]#[N+]c1c(OC(=O)c2ccc(C3CCC(CCCCC)CC3)cc2)ccc(OCCC)c1C#N. The summed E-state index contributed by atoms with van der Waals surface area (Å²) in [6, 6.07) is 12.7. The van der Waals surface area contributed by atoms with Gasteiger partial charge in [0.15, 0.2) is 0 Å². The Morgan fingerprint density at radius 2 is 1.74 bits per heavy atom. The van der Waals surface area contributed by atoms with Crippen molar-refractivity contribution in [3.8, 4) is 17.6 Å². The van der Waals surface area contributed by atoms with Crippen molar-refractivity contribution in [2.45, 2.75) is 77.6 Å². The predicted molar refractivity (Wildman–Crippen MR) is 133 cm³/mol. The fourth-order valence-electron chi connectivity index (χ4n) is 4.70. The summed E-state index contributed by atoms with van der Waals surface area (Å²) in [5, 5.41) is 9.52. The molecule has 0 spiro atoms. The van der Waals surface area contributed by atoms with E-state index in [0.29, 0.717) is 23.8 Å². The molecule has 0 atom stereocenters. The third-order valence-electron chi connectivity index (χ3n) is 6.67. The van der Waals surface area contributed by atoms with Crippen LogP contribution < -0.4 is 9.47 Å². The highest BCUT2D eigenvalue weighted by Crippen LogP contribution is 2.39. The number of esters is 1. The van der Waals surface area contributed by atoms with Crippen LogP contribution in [0.5, 0.6) is 11.5 Å². The van der Waals surface area contributed by atoms with Gasteiger partial charge in [-0.25, -0.2) is 9.64 Å². The van der Waals surface area contributed by atoms with E-state index in [0.717, 1.165) is 12.3 Å². The normalized spacial score (nSPS) is 17.4.